The van der Waals surface area contributed by atoms with Crippen molar-refractivity contribution < 1.29 is 21.6 Å². The number of nitrogens with one attached hydrogen (secondary N) is 1. The summed E-state index contributed by atoms with van der Waals surface area (Å²) in [6, 6.07) is 13.8. The topological polar surface area (TPSA) is 104 Å². The molecule has 1 saturated heterocycles. The molecule has 33 heavy (non-hydrogen) atoms. The van der Waals surface area contributed by atoms with Gasteiger partial charge >= 0.3 is 0 Å². The van der Waals surface area contributed by atoms with Crippen LogP contribution in [0.5, 0.6) is 0 Å². The minimum absolute atomic E-state index is 0.0833. The molecule has 1 unspecified atom stereocenters. The summed E-state index contributed by atoms with van der Waals surface area (Å²) >= 11 is 0. The Balaban J connectivity index is 1.61. The molecule has 2 atom stereocenters. The van der Waals surface area contributed by atoms with Gasteiger partial charge in [-0.3, -0.25) is 4.79 Å². The molecule has 1 fully saturated rings. The van der Waals surface area contributed by atoms with Crippen LogP contribution in [0.15, 0.2) is 64.4 Å². The van der Waals surface area contributed by atoms with E-state index < -0.39 is 26.1 Å². The number of rotatable bonds is 8. The number of nitrogens with zero attached hydrogens (tertiary/aromatic N) is 2. The lowest BCUT2D eigenvalue weighted by Crippen LogP contribution is -2.55. The van der Waals surface area contributed by atoms with Crippen molar-refractivity contribution in [1.29, 1.82) is 0 Å². The molecule has 0 aliphatic carbocycles. The number of hydrogen-bond acceptors (Lipinski definition) is 5. The van der Waals surface area contributed by atoms with Crippen molar-refractivity contribution in [1.82, 2.24) is 13.9 Å². The zero-order valence-corrected chi connectivity index (χ0v) is 20.8. The van der Waals surface area contributed by atoms with Crippen LogP contribution >= 0.6 is 0 Å². The van der Waals surface area contributed by atoms with E-state index in [1.165, 1.54) is 28.3 Å². The normalized spacial score (nSPS) is 17.5. The fourth-order valence-electron chi connectivity index (χ4n) is 3.73. The lowest BCUT2D eigenvalue weighted by atomic mass is 9.99. The van der Waals surface area contributed by atoms with Crippen LogP contribution in [-0.2, 0) is 24.8 Å². The maximum atomic E-state index is 13.0. The van der Waals surface area contributed by atoms with Crippen LogP contribution in [0, 0.1) is 0 Å². The fraction of sp³-hybridized carbons (Fsp3) is 0.435. The summed E-state index contributed by atoms with van der Waals surface area (Å²) in [5.74, 6) is -0.0259. The average Bonchev–Trinajstić information content (AvgIpc) is 2.83. The number of carbonyl (C=O) groups is 1. The number of carbonyl (C=O) groups excluding carboxylic acids is 1. The average molecular weight is 494 g/mol. The second-order valence-electron chi connectivity index (χ2n) is 8.26. The first-order chi connectivity index (χ1) is 15.6. The SMILES string of the molecule is CCC(C)c1ccc(S(=O)(=O)N2CCN(C(=O)[C@H](C)NS(=O)(=O)c3ccccc3)CC2)cc1. The molecule has 1 heterocycles. The van der Waals surface area contributed by atoms with Gasteiger partial charge in [0, 0.05) is 26.2 Å². The van der Waals surface area contributed by atoms with Crippen molar-refractivity contribution in [2.24, 2.45) is 0 Å². The van der Waals surface area contributed by atoms with Crippen molar-refractivity contribution in [3.05, 3.63) is 60.2 Å². The Bertz CT molecular complexity index is 1160. The van der Waals surface area contributed by atoms with Crippen molar-refractivity contribution in [3.63, 3.8) is 0 Å². The first-order valence-corrected chi connectivity index (χ1v) is 13.9. The van der Waals surface area contributed by atoms with Crippen molar-refractivity contribution >= 4 is 26.0 Å². The minimum Gasteiger partial charge on any atom is -0.339 e. The summed E-state index contributed by atoms with van der Waals surface area (Å²) in [6.45, 7) is 6.37. The number of hydrogen-bond donors (Lipinski definition) is 1. The van der Waals surface area contributed by atoms with Crippen LogP contribution in [0.3, 0.4) is 0 Å². The van der Waals surface area contributed by atoms with Gasteiger partial charge < -0.3 is 4.90 Å². The van der Waals surface area contributed by atoms with Crippen LogP contribution in [0.2, 0.25) is 0 Å². The van der Waals surface area contributed by atoms with E-state index in [2.05, 4.69) is 18.6 Å². The van der Waals surface area contributed by atoms with Crippen LogP contribution in [0.1, 0.15) is 38.7 Å². The Hall–Kier alpha value is -2.27. The Morgan fingerprint density at radius 2 is 1.45 bits per heavy atom. The first-order valence-electron chi connectivity index (χ1n) is 11.0. The summed E-state index contributed by atoms with van der Waals surface area (Å²) in [5.41, 5.74) is 1.10. The van der Waals surface area contributed by atoms with Crippen molar-refractivity contribution in [2.45, 2.75) is 48.9 Å². The van der Waals surface area contributed by atoms with Gasteiger partial charge in [0.1, 0.15) is 0 Å². The van der Waals surface area contributed by atoms with Crippen LogP contribution in [-0.4, -0.2) is 64.2 Å². The molecular formula is C23H31N3O5S2. The van der Waals surface area contributed by atoms with E-state index in [0.29, 0.717) is 5.92 Å². The third-order valence-electron chi connectivity index (χ3n) is 6.01. The molecule has 1 N–H and O–H groups in total. The maximum Gasteiger partial charge on any atom is 0.243 e. The molecule has 1 aliphatic heterocycles. The number of piperazine rings is 1. The second kappa shape index (κ2) is 10.3. The van der Waals surface area contributed by atoms with E-state index in [1.54, 1.807) is 30.3 Å². The zero-order chi connectivity index (χ0) is 24.2. The molecule has 0 aromatic heterocycles. The molecule has 180 valence electrons. The van der Waals surface area contributed by atoms with E-state index in [1.807, 2.05) is 12.1 Å². The summed E-state index contributed by atoms with van der Waals surface area (Å²) in [7, 11) is -7.49. The summed E-state index contributed by atoms with van der Waals surface area (Å²) < 4.78 is 54.8. The smallest absolute Gasteiger partial charge is 0.243 e. The highest BCUT2D eigenvalue weighted by molar-refractivity contribution is 7.89. The molecule has 8 nitrogen and oxygen atoms in total. The Labute approximate surface area is 196 Å². The molecule has 1 amide bonds. The van der Waals surface area contributed by atoms with Gasteiger partial charge in [0.25, 0.3) is 0 Å². The van der Waals surface area contributed by atoms with Gasteiger partial charge in [-0.25, -0.2) is 16.8 Å². The molecule has 3 rings (SSSR count). The maximum absolute atomic E-state index is 13.0. The summed E-state index contributed by atoms with van der Waals surface area (Å²) in [4.78, 5) is 14.6. The van der Waals surface area contributed by atoms with E-state index >= 15 is 0 Å². The molecule has 2 aromatic carbocycles. The highest BCUT2D eigenvalue weighted by atomic mass is 32.2. The van der Waals surface area contributed by atoms with E-state index in [0.717, 1.165) is 12.0 Å². The lowest BCUT2D eigenvalue weighted by molar-refractivity contribution is -0.133. The number of benzene rings is 2. The number of amides is 1. The third kappa shape index (κ3) is 5.81. The van der Waals surface area contributed by atoms with E-state index in [9.17, 15) is 21.6 Å². The van der Waals surface area contributed by atoms with Gasteiger partial charge in [-0.05, 0) is 49.1 Å². The van der Waals surface area contributed by atoms with E-state index in [4.69, 9.17) is 0 Å². The minimum atomic E-state index is -3.83. The molecule has 10 heteroatoms. The molecule has 0 bridgehead atoms. The molecule has 1 aliphatic rings. The Morgan fingerprint density at radius 1 is 0.879 bits per heavy atom. The predicted octanol–water partition coefficient (Wildman–Crippen LogP) is 2.40. The summed E-state index contributed by atoms with van der Waals surface area (Å²) in [6.07, 6.45) is 0.974. The molecule has 0 saturated carbocycles. The van der Waals surface area contributed by atoms with Crippen LogP contribution in [0.4, 0.5) is 0 Å². The molecule has 0 spiro atoms. The van der Waals surface area contributed by atoms with Crippen molar-refractivity contribution in [2.75, 3.05) is 26.2 Å². The van der Waals surface area contributed by atoms with Crippen molar-refractivity contribution in [3.8, 4) is 0 Å². The Morgan fingerprint density at radius 3 is 2.00 bits per heavy atom. The largest absolute Gasteiger partial charge is 0.339 e. The van der Waals surface area contributed by atoms with Gasteiger partial charge in [-0.2, -0.15) is 9.03 Å². The second-order valence-corrected chi connectivity index (χ2v) is 11.9. The molecular weight excluding hydrogens is 462 g/mol. The standard InChI is InChI=1S/C23H31N3O5S2/c1-4-18(2)20-10-12-22(13-11-20)33(30,31)26-16-14-25(15-17-26)23(27)19(3)24-32(28,29)21-8-6-5-7-9-21/h5-13,18-19,24H,4,14-17H2,1-3H3/t18?,19-/m0/s1. The van der Waals surface area contributed by atoms with Crippen LogP contribution in [0.25, 0.3) is 0 Å². The fourth-order valence-corrected chi connectivity index (χ4v) is 6.37. The van der Waals surface area contributed by atoms with Gasteiger partial charge in [0.05, 0.1) is 15.8 Å². The Kier molecular flexibility index (Phi) is 7.94. The molecule has 0 radical (unpaired) electrons. The highest BCUT2D eigenvalue weighted by Gasteiger charge is 2.32. The summed E-state index contributed by atoms with van der Waals surface area (Å²) in [5, 5.41) is 0. The zero-order valence-electron chi connectivity index (χ0n) is 19.1. The van der Waals surface area contributed by atoms with E-state index in [-0.39, 0.29) is 41.9 Å². The van der Waals surface area contributed by atoms with Gasteiger partial charge in [-0.15, -0.1) is 0 Å². The van der Waals surface area contributed by atoms with Gasteiger partial charge in [-0.1, -0.05) is 44.2 Å². The molecule has 2 aromatic rings. The van der Waals surface area contributed by atoms with Gasteiger partial charge in [0.2, 0.25) is 26.0 Å². The monoisotopic (exact) mass is 493 g/mol. The van der Waals surface area contributed by atoms with Crippen LogP contribution < -0.4 is 4.72 Å². The van der Waals surface area contributed by atoms with Gasteiger partial charge in [0.15, 0.2) is 0 Å². The lowest BCUT2D eigenvalue weighted by Gasteiger charge is -2.35. The highest BCUT2D eigenvalue weighted by Crippen LogP contribution is 2.23. The predicted molar refractivity (Wildman–Crippen MR) is 127 cm³/mol. The first kappa shape index (κ1) is 25.4. The third-order valence-corrected chi connectivity index (χ3v) is 9.47. The quantitative estimate of drug-likeness (QED) is 0.608. The number of sulfonamides is 2.